The highest BCUT2D eigenvalue weighted by molar-refractivity contribution is 7.90. The van der Waals surface area contributed by atoms with Gasteiger partial charge in [0.2, 0.25) is 0 Å². The molecule has 2 atom stereocenters. The van der Waals surface area contributed by atoms with E-state index in [0.29, 0.717) is 32.4 Å². The molecule has 8 heteroatoms. The maximum Gasteiger partial charge on any atom is 0.410 e. The molecule has 3 rings (SSSR count). The van der Waals surface area contributed by atoms with Gasteiger partial charge in [0, 0.05) is 35.6 Å². The molecule has 1 saturated heterocycles. The number of fused-ring (bicyclic) bond motifs is 1. The van der Waals surface area contributed by atoms with Crippen LogP contribution < -0.4 is 4.72 Å². The molecule has 1 spiro atoms. The van der Waals surface area contributed by atoms with Crippen molar-refractivity contribution in [1.29, 1.82) is 0 Å². The number of carbonyl (C=O) groups excluding carboxylic acids is 1. The van der Waals surface area contributed by atoms with Gasteiger partial charge in [0.1, 0.15) is 16.2 Å². The smallest absolute Gasteiger partial charge is 0.410 e. The normalized spacial score (nSPS) is 22.5. The Morgan fingerprint density at radius 2 is 1.93 bits per heavy atom. The lowest BCUT2D eigenvalue weighted by Crippen LogP contribution is -2.51. The molecular formula is C21H32FN3O3S. The van der Waals surface area contributed by atoms with Crippen molar-refractivity contribution in [2.45, 2.75) is 77.2 Å². The summed E-state index contributed by atoms with van der Waals surface area (Å²) in [5.74, 6) is -0.389. The van der Waals surface area contributed by atoms with Gasteiger partial charge in [-0.25, -0.2) is 9.18 Å². The van der Waals surface area contributed by atoms with Crippen molar-refractivity contribution >= 4 is 17.5 Å². The first-order chi connectivity index (χ1) is 13.3. The minimum Gasteiger partial charge on any atom is -0.598 e. The van der Waals surface area contributed by atoms with Crippen molar-refractivity contribution in [1.82, 2.24) is 14.6 Å². The lowest BCUT2D eigenvalue weighted by atomic mass is 9.73. The van der Waals surface area contributed by atoms with Crippen molar-refractivity contribution in [2.24, 2.45) is 5.41 Å². The van der Waals surface area contributed by atoms with Gasteiger partial charge < -0.3 is 14.2 Å². The molecule has 0 bridgehead atoms. The van der Waals surface area contributed by atoms with E-state index >= 15 is 0 Å². The van der Waals surface area contributed by atoms with Crippen molar-refractivity contribution < 1.29 is 18.5 Å². The number of carbonyl (C=O) groups is 1. The molecule has 0 aromatic carbocycles. The van der Waals surface area contributed by atoms with Crippen LogP contribution in [0.25, 0.3) is 0 Å². The molecule has 1 aromatic heterocycles. The number of rotatable bonds is 2. The monoisotopic (exact) mass is 425 g/mol. The Balaban J connectivity index is 1.81. The van der Waals surface area contributed by atoms with Gasteiger partial charge in [-0.3, -0.25) is 4.98 Å². The fraction of sp³-hybridized carbons (Fsp3) is 0.714. The topological polar surface area (TPSA) is 77.5 Å². The zero-order valence-corrected chi connectivity index (χ0v) is 19.0. The summed E-state index contributed by atoms with van der Waals surface area (Å²) >= 11 is -1.31. The van der Waals surface area contributed by atoms with E-state index in [2.05, 4.69) is 9.71 Å². The van der Waals surface area contributed by atoms with E-state index in [4.69, 9.17) is 4.74 Å². The predicted molar refractivity (Wildman–Crippen MR) is 111 cm³/mol. The summed E-state index contributed by atoms with van der Waals surface area (Å²) in [6.07, 6.45) is 3.04. The zero-order valence-electron chi connectivity index (χ0n) is 18.2. The number of hydrogen-bond acceptors (Lipinski definition) is 5. The Kier molecular flexibility index (Phi) is 5.93. The maximum absolute atomic E-state index is 14.0. The Morgan fingerprint density at radius 3 is 2.48 bits per heavy atom. The van der Waals surface area contributed by atoms with Gasteiger partial charge in [0.05, 0.1) is 12.2 Å². The molecule has 2 heterocycles. The van der Waals surface area contributed by atoms with Crippen LogP contribution in [-0.4, -0.2) is 44.0 Å². The van der Waals surface area contributed by atoms with Crippen LogP contribution in [0.15, 0.2) is 12.3 Å². The third-order valence-corrected chi connectivity index (χ3v) is 7.17. The second-order valence-corrected chi connectivity index (χ2v) is 12.1. The van der Waals surface area contributed by atoms with Gasteiger partial charge in [0.15, 0.2) is 0 Å². The minimum atomic E-state index is -1.31. The SMILES string of the molecule is CC(C)(C)OC(=O)N1CCC2(CC1)Cc1ncc(F)cc1[C@@H]2N[S@+]([O-])C(C)(C)C. The van der Waals surface area contributed by atoms with E-state index in [1.54, 1.807) is 4.90 Å². The first-order valence-corrected chi connectivity index (χ1v) is 11.3. The van der Waals surface area contributed by atoms with E-state index in [9.17, 15) is 13.7 Å². The number of nitrogens with zero attached hydrogens (tertiary/aromatic N) is 2. The standard InChI is InChI=1S/C21H32FN3O3S/c1-19(2,3)28-18(26)25-9-7-21(8-10-25)12-16-15(11-14(22)13-23-16)17(21)24-29(27)20(4,5)6/h11,13,17,24H,7-10,12H2,1-6H3/t17-,29+/m0/s1. The second kappa shape index (κ2) is 7.71. The number of pyridine rings is 1. The quantitative estimate of drug-likeness (QED) is 0.728. The highest BCUT2D eigenvalue weighted by atomic mass is 32.2. The van der Waals surface area contributed by atoms with Gasteiger partial charge >= 0.3 is 6.09 Å². The van der Waals surface area contributed by atoms with Crippen LogP contribution in [0.5, 0.6) is 0 Å². The molecule has 6 nitrogen and oxygen atoms in total. The van der Waals surface area contributed by atoms with Gasteiger partial charge in [-0.05, 0) is 72.4 Å². The van der Waals surface area contributed by atoms with E-state index in [0.717, 1.165) is 11.3 Å². The number of halogens is 1. The summed E-state index contributed by atoms with van der Waals surface area (Å²) in [5, 5.41) is 0. The number of likely N-dealkylation sites (tertiary alicyclic amines) is 1. The third kappa shape index (κ3) is 4.86. The van der Waals surface area contributed by atoms with Crippen LogP contribution in [0.1, 0.15) is 71.7 Å². The molecule has 162 valence electrons. The number of aromatic nitrogens is 1. The van der Waals surface area contributed by atoms with Crippen LogP contribution >= 0.6 is 0 Å². The van der Waals surface area contributed by atoms with Crippen LogP contribution in [0.4, 0.5) is 9.18 Å². The number of nitrogens with one attached hydrogen (secondary N) is 1. The Hall–Kier alpha value is -1.38. The molecule has 1 aliphatic heterocycles. The third-order valence-electron chi connectivity index (χ3n) is 5.61. The molecule has 29 heavy (non-hydrogen) atoms. The summed E-state index contributed by atoms with van der Waals surface area (Å²) in [6.45, 7) is 12.4. The first kappa shape index (κ1) is 22.3. The molecule has 1 amide bonds. The molecule has 0 saturated carbocycles. The first-order valence-electron chi connectivity index (χ1n) is 10.1. The van der Waals surface area contributed by atoms with Crippen molar-refractivity contribution in [3.8, 4) is 0 Å². The van der Waals surface area contributed by atoms with Crippen molar-refractivity contribution in [3.05, 3.63) is 29.3 Å². The number of amides is 1. The molecular weight excluding hydrogens is 393 g/mol. The van der Waals surface area contributed by atoms with Gasteiger partial charge in [-0.1, -0.05) is 0 Å². The van der Waals surface area contributed by atoms with Crippen LogP contribution in [0, 0.1) is 11.2 Å². The summed E-state index contributed by atoms with van der Waals surface area (Å²) in [5.41, 5.74) is 0.849. The fourth-order valence-electron chi connectivity index (χ4n) is 4.05. The predicted octanol–water partition coefficient (Wildman–Crippen LogP) is 3.89. The Labute approximate surface area is 175 Å². The summed E-state index contributed by atoms with van der Waals surface area (Å²) in [6, 6.07) is 1.25. The van der Waals surface area contributed by atoms with E-state index in [1.807, 2.05) is 41.5 Å². The van der Waals surface area contributed by atoms with Crippen molar-refractivity contribution in [3.63, 3.8) is 0 Å². The molecule has 0 unspecified atom stereocenters. The fourth-order valence-corrected chi connectivity index (χ4v) is 4.99. The van der Waals surface area contributed by atoms with E-state index in [-0.39, 0.29) is 23.4 Å². The lowest BCUT2D eigenvalue weighted by Gasteiger charge is -2.43. The minimum absolute atomic E-state index is 0.247. The number of hydrogen-bond donors (Lipinski definition) is 1. The Bertz CT molecular complexity index is 767. The summed E-state index contributed by atoms with van der Waals surface area (Å²) in [4.78, 5) is 18.5. The van der Waals surface area contributed by atoms with E-state index < -0.39 is 21.7 Å². The maximum atomic E-state index is 14.0. The summed E-state index contributed by atoms with van der Waals surface area (Å²) in [7, 11) is 0. The average molecular weight is 426 g/mol. The van der Waals surface area contributed by atoms with Crippen molar-refractivity contribution in [2.75, 3.05) is 13.1 Å². The zero-order chi connectivity index (χ0) is 21.6. The molecule has 1 fully saturated rings. The van der Waals surface area contributed by atoms with Gasteiger partial charge in [0.25, 0.3) is 0 Å². The molecule has 0 radical (unpaired) electrons. The molecule has 1 aliphatic carbocycles. The molecule has 1 aromatic rings. The van der Waals surface area contributed by atoms with Gasteiger partial charge in [-0.15, -0.1) is 4.72 Å². The second-order valence-electron chi connectivity index (χ2n) is 10.1. The van der Waals surface area contributed by atoms with Gasteiger partial charge in [-0.2, -0.15) is 0 Å². The Morgan fingerprint density at radius 1 is 1.31 bits per heavy atom. The molecule has 1 N–H and O–H groups in total. The average Bonchev–Trinajstić information content (AvgIpc) is 2.86. The molecule has 2 aliphatic rings. The highest BCUT2D eigenvalue weighted by Gasteiger charge is 2.52. The van der Waals surface area contributed by atoms with Crippen LogP contribution in [-0.2, 0) is 22.5 Å². The van der Waals surface area contributed by atoms with Crippen LogP contribution in [0.2, 0.25) is 0 Å². The lowest BCUT2D eigenvalue weighted by molar-refractivity contribution is 0.00711. The number of piperidine rings is 1. The summed E-state index contributed by atoms with van der Waals surface area (Å²) < 4.78 is 35.2. The van der Waals surface area contributed by atoms with Crippen LogP contribution in [0.3, 0.4) is 0 Å². The highest BCUT2D eigenvalue weighted by Crippen LogP contribution is 2.52. The van der Waals surface area contributed by atoms with E-state index in [1.165, 1.54) is 12.3 Å². The number of ether oxygens (including phenoxy) is 1. The largest absolute Gasteiger partial charge is 0.598 e.